The van der Waals surface area contributed by atoms with Gasteiger partial charge in [-0.1, -0.05) is 12.1 Å². The van der Waals surface area contributed by atoms with Crippen LogP contribution in [0, 0.1) is 0 Å². The van der Waals surface area contributed by atoms with E-state index in [9.17, 15) is 19.2 Å². The Hall–Kier alpha value is -3.10. The van der Waals surface area contributed by atoms with E-state index < -0.39 is 11.6 Å². The minimum absolute atomic E-state index is 0.0185. The molecule has 156 valence electrons. The van der Waals surface area contributed by atoms with Gasteiger partial charge in [-0.15, -0.1) is 0 Å². The van der Waals surface area contributed by atoms with Crippen LogP contribution in [0.4, 0.5) is 9.59 Å². The average molecular weight is 402 g/mol. The fourth-order valence-corrected chi connectivity index (χ4v) is 3.15. The highest BCUT2D eigenvalue weighted by Crippen LogP contribution is 2.15. The Morgan fingerprint density at radius 1 is 1.00 bits per heavy atom. The second kappa shape index (κ2) is 8.10. The van der Waals surface area contributed by atoms with Crippen LogP contribution in [0.25, 0.3) is 0 Å². The number of nitrogens with one attached hydrogen (secondary N) is 1. The summed E-state index contributed by atoms with van der Waals surface area (Å²) < 4.78 is 5.37. The molecule has 2 aliphatic rings. The highest BCUT2D eigenvalue weighted by atomic mass is 16.6. The Morgan fingerprint density at radius 2 is 1.59 bits per heavy atom. The van der Waals surface area contributed by atoms with Crippen LogP contribution in [0.3, 0.4) is 0 Å². The monoisotopic (exact) mass is 402 g/mol. The van der Waals surface area contributed by atoms with Gasteiger partial charge in [-0.05, 0) is 38.5 Å². The third-order valence-electron chi connectivity index (χ3n) is 4.70. The van der Waals surface area contributed by atoms with Crippen molar-refractivity contribution in [1.29, 1.82) is 0 Å². The van der Waals surface area contributed by atoms with Crippen molar-refractivity contribution in [3.8, 4) is 0 Å². The molecule has 0 atom stereocenters. The molecule has 0 bridgehead atoms. The van der Waals surface area contributed by atoms with Crippen molar-refractivity contribution in [3.63, 3.8) is 0 Å². The van der Waals surface area contributed by atoms with E-state index in [0.29, 0.717) is 31.7 Å². The first-order valence-electron chi connectivity index (χ1n) is 9.58. The molecule has 5 amide bonds. The van der Waals surface area contributed by atoms with Crippen molar-refractivity contribution >= 4 is 23.9 Å². The van der Waals surface area contributed by atoms with Crippen LogP contribution in [0.2, 0.25) is 0 Å². The number of benzene rings is 1. The van der Waals surface area contributed by atoms with E-state index in [4.69, 9.17) is 4.74 Å². The molecule has 0 saturated carbocycles. The molecule has 3 rings (SSSR count). The summed E-state index contributed by atoms with van der Waals surface area (Å²) in [6.07, 6.45) is -0.366. The number of imide groups is 1. The van der Waals surface area contributed by atoms with Gasteiger partial charge < -0.3 is 19.9 Å². The van der Waals surface area contributed by atoms with Gasteiger partial charge in [-0.2, -0.15) is 0 Å². The Kier molecular flexibility index (Phi) is 5.76. The summed E-state index contributed by atoms with van der Waals surface area (Å²) in [6, 6.07) is 6.46. The lowest BCUT2D eigenvalue weighted by Gasteiger charge is -2.35. The van der Waals surface area contributed by atoms with Gasteiger partial charge in [-0.25, -0.2) is 9.59 Å². The highest BCUT2D eigenvalue weighted by molar-refractivity contribution is 6.01. The van der Waals surface area contributed by atoms with Gasteiger partial charge >= 0.3 is 12.1 Å². The fourth-order valence-electron chi connectivity index (χ4n) is 3.15. The summed E-state index contributed by atoms with van der Waals surface area (Å²) in [5, 5.41) is 2.48. The molecule has 1 aromatic carbocycles. The van der Waals surface area contributed by atoms with Crippen molar-refractivity contribution in [1.82, 2.24) is 20.0 Å². The largest absolute Gasteiger partial charge is 0.444 e. The summed E-state index contributed by atoms with van der Waals surface area (Å²) in [5.74, 6) is -0.381. The quantitative estimate of drug-likeness (QED) is 0.771. The lowest BCUT2D eigenvalue weighted by atomic mass is 10.1. The van der Waals surface area contributed by atoms with E-state index in [1.54, 1.807) is 34.1 Å². The van der Waals surface area contributed by atoms with Crippen LogP contribution >= 0.6 is 0 Å². The lowest BCUT2D eigenvalue weighted by Crippen LogP contribution is -2.51. The number of urea groups is 1. The van der Waals surface area contributed by atoms with Crippen LogP contribution in [0.15, 0.2) is 24.3 Å². The Bertz CT molecular complexity index is 791. The van der Waals surface area contributed by atoms with Crippen molar-refractivity contribution < 1.29 is 23.9 Å². The van der Waals surface area contributed by atoms with Crippen molar-refractivity contribution in [2.24, 2.45) is 0 Å². The average Bonchev–Trinajstić information content (AvgIpc) is 2.99. The molecule has 0 aromatic heterocycles. The summed E-state index contributed by atoms with van der Waals surface area (Å²) >= 11 is 0. The van der Waals surface area contributed by atoms with E-state index >= 15 is 0 Å². The molecule has 1 N–H and O–H groups in total. The predicted octanol–water partition coefficient (Wildman–Crippen LogP) is 1.43. The van der Waals surface area contributed by atoms with Crippen LogP contribution in [0.5, 0.6) is 0 Å². The molecular weight excluding hydrogens is 376 g/mol. The maximum atomic E-state index is 12.7. The minimum Gasteiger partial charge on any atom is -0.444 e. The maximum Gasteiger partial charge on any atom is 0.410 e. The number of rotatable bonds is 3. The molecule has 2 heterocycles. The number of piperazine rings is 1. The van der Waals surface area contributed by atoms with Crippen LogP contribution in [0.1, 0.15) is 36.7 Å². The van der Waals surface area contributed by atoms with E-state index in [0.717, 1.165) is 10.5 Å². The van der Waals surface area contributed by atoms with Gasteiger partial charge in [0, 0.05) is 31.7 Å². The van der Waals surface area contributed by atoms with E-state index in [2.05, 4.69) is 5.32 Å². The summed E-state index contributed by atoms with van der Waals surface area (Å²) in [4.78, 5) is 52.6. The van der Waals surface area contributed by atoms with Gasteiger partial charge in [0.1, 0.15) is 5.60 Å². The smallest absolute Gasteiger partial charge is 0.410 e. The van der Waals surface area contributed by atoms with Crippen molar-refractivity contribution in [3.05, 3.63) is 35.4 Å². The molecule has 9 heteroatoms. The van der Waals surface area contributed by atoms with Gasteiger partial charge in [-0.3, -0.25) is 14.5 Å². The van der Waals surface area contributed by atoms with Crippen molar-refractivity contribution in [2.45, 2.75) is 32.9 Å². The second-order valence-corrected chi connectivity index (χ2v) is 8.10. The number of hydrogen-bond donors (Lipinski definition) is 1. The zero-order valence-corrected chi connectivity index (χ0v) is 16.9. The number of nitrogens with zero attached hydrogens (tertiary/aromatic N) is 3. The molecule has 0 aliphatic carbocycles. The summed E-state index contributed by atoms with van der Waals surface area (Å²) in [6.45, 7) is 7.36. The normalized spacial score (nSPS) is 17.4. The standard InChI is InChI=1S/C20H26N4O5/c1-20(2,3)29-19(28)23-10-8-22(9-11-23)17(26)15-6-4-14(5-7-15)13-24-16(25)12-21-18(24)27/h4-7H,8-13H2,1-3H3,(H,21,27). The van der Waals surface area contributed by atoms with Gasteiger partial charge in [0.15, 0.2) is 0 Å². The minimum atomic E-state index is -0.549. The number of amides is 5. The topological polar surface area (TPSA) is 99.3 Å². The first-order chi connectivity index (χ1) is 13.6. The predicted molar refractivity (Wildman–Crippen MR) is 104 cm³/mol. The van der Waals surface area contributed by atoms with Crippen molar-refractivity contribution in [2.75, 3.05) is 32.7 Å². The van der Waals surface area contributed by atoms with E-state index in [1.807, 2.05) is 20.8 Å². The first kappa shape index (κ1) is 20.6. The Morgan fingerprint density at radius 3 is 2.10 bits per heavy atom. The molecule has 0 radical (unpaired) electrons. The number of carbonyl (C=O) groups is 4. The molecule has 1 aromatic rings. The third-order valence-corrected chi connectivity index (χ3v) is 4.70. The first-order valence-corrected chi connectivity index (χ1v) is 9.58. The lowest BCUT2D eigenvalue weighted by molar-refractivity contribution is -0.125. The second-order valence-electron chi connectivity index (χ2n) is 8.10. The van der Waals surface area contributed by atoms with Gasteiger partial charge in [0.2, 0.25) is 5.91 Å². The molecule has 2 aliphatic heterocycles. The zero-order chi connectivity index (χ0) is 21.2. The molecule has 0 spiro atoms. The summed E-state index contributed by atoms with van der Waals surface area (Å²) in [7, 11) is 0. The van der Waals surface area contributed by atoms with E-state index in [-0.39, 0.29) is 31.0 Å². The van der Waals surface area contributed by atoms with Gasteiger partial charge in [0.05, 0.1) is 13.1 Å². The van der Waals surface area contributed by atoms with Crippen LogP contribution in [-0.4, -0.2) is 77.0 Å². The fraction of sp³-hybridized carbons (Fsp3) is 0.500. The maximum absolute atomic E-state index is 12.7. The Balaban J connectivity index is 1.54. The number of ether oxygens (including phenoxy) is 1. The summed E-state index contributed by atoms with van der Waals surface area (Å²) in [5.41, 5.74) is 0.741. The zero-order valence-electron chi connectivity index (χ0n) is 16.9. The molecule has 2 saturated heterocycles. The third kappa shape index (κ3) is 5.04. The highest BCUT2D eigenvalue weighted by Gasteiger charge is 2.29. The van der Waals surface area contributed by atoms with Crippen LogP contribution < -0.4 is 5.32 Å². The Labute approximate surface area is 169 Å². The molecule has 0 unspecified atom stereocenters. The van der Waals surface area contributed by atoms with E-state index in [1.165, 1.54) is 0 Å². The van der Waals surface area contributed by atoms with Gasteiger partial charge in [0.25, 0.3) is 5.91 Å². The molecule has 9 nitrogen and oxygen atoms in total. The van der Waals surface area contributed by atoms with Crippen LogP contribution in [-0.2, 0) is 16.1 Å². The number of hydrogen-bond acceptors (Lipinski definition) is 5. The number of carbonyl (C=O) groups excluding carboxylic acids is 4. The molecule has 2 fully saturated rings. The molecule has 29 heavy (non-hydrogen) atoms. The SMILES string of the molecule is CC(C)(C)OC(=O)N1CCN(C(=O)c2ccc(CN3C(=O)CNC3=O)cc2)CC1. The molecular formula is C20H26N4O5.